The fourth-order valence-electron chi connectivity index (χ4n) is 1.49. The topological polar surface area (TPSA) is 222 Å². The zero-order chi connectivity index (χ0) is 20.8. The number of thiol groups is 2. The normalized spacial score (nSPS) is 9.00. The molecule has 0 aliphatic carbocycles. The highest BCUT2D eigenvalue weighted by atomic mass is 32.1. The summed E-state index contributed by atoms with van der Waals surface area (Å²) in [5.41, 5.74) is -0.750. The fourth-order valence-corrected chi connectivity index (χ4v) is 1.94. The van der Waals surface area contributed by atoms with E-state index in [1.807, 2.05) is 0 Å². The van der Waals surface area contributed by atoms with Crippen LogP contribution >= 0.6 is 25.3 Å². The third-order valence-corrected chi connectivity index (χ3v) is 2.85. The summed E-state index contributed by atoms with van der Waals surface area (Å²) in [6, 6.07) is 0. The summed E-state index contributed by atoms with van der Waals surface area (Å²) in [6.45, 7) is 6.31. The van der Waals surface area contributed by atoms with Crippen molar-refractivity contribution in [2.24, 2.45) is 0 Å². The van der Waals surface area contributed by atoms with Crippen molar-refractivity contribution in [2.75, 3.05) is 18.0 Å². The third kappa shape index (κ3) is 21.2. The van der Waals surface area contributed by atoms with Gasteiger partial charge in [-0.05, 0) is 12.8 Å². The molecule has 0 unspecified atom stereocenters. The number of aromatic nitrogens is 3. The second kappa shape index (κ2) is 24.1. The molecule has 1 rings (SSSR count). The van der Waals surface area contributed by atoms with Crippen LogP contribution in [0.5, 0.6) is 0 Å². The van der Waals surface area contributed by atoms with Gasteiger partial charge in [-0.15, -0.1) is 25.3 Å². The molecule has 1 aromatic heterocycles. The molecule has 0 fully saturated rings. The first-order valence-corrected chi connectivity index (χ1v) is 8.44. The number of hydrogen-bond acceptors (Lipinski definition) is 12. The standard InChI is InChI=1S/C11H20N4S2.3H3NO2/c1-3-5-7-15(8-6-4-2)9-12-10(16)14-11(17)13-9;3*2-1-3/h3-8H2,1-2H3,(H2,12,13,14,16,17);3*2H,1H2. The molecule has 9 N–H and O–H groups in total. The molecule has 0 bridgehead atoms. The predicted octanol–water partition coefficient (Wildman–Crippen LogP) is -1.83. The minimum atomic E-state index is -0.250. The lowest BCUT2D eigenvalue weighted by molar-refractivity contribution is -0.839. The second-order valence-corrected chi connectivity index (χ2v) is 5.05. The van der Waals surface area contributed by atoms with Crippen LogP contribution in [0.15, 0.2) is 10.3 Å². The Kier molecular flexibility index (Phi) is 27.8. The molecule has 15 heteroatoms. The lowest BCUT2D eigenvalue weighted by Crippen LogP contribution is -2.72. The van der Waals surface area contributed by atoms with Crippen molar-refractivity contribution in [3.8, 4) is 0 Å². The average Bonchev–Trinajstić information content (AvgIpc) is 2.56. The first-order valence-electron chi connectivity index (χ1n) is 7.54. The first-order chi connectivity index (χ1) is 12.4. The third-order valence-electron chi connectivity index (χ3n) is 2.45. The molecule has 0 radical (unpaired) electrons. The van der Waals surface area contributed by atoms with E-state index in [2.05, 4.69) is 59.0 Å². The van der Waals surface area contributed by atoms with Crippen molar-refractivity contribution in [3.05, 3.63) is 15.6 Å². The second-order valence-electron chi connectivity index (χ2n) is 4.25. The molecule has 0 aliphatic heterocycles. The summed E-state index contributed by atoms with van der Waals surface area (Å²) < 4.78 is 0. The Labute approximate surface area is 162 Å². The van der Waals surface area contributed by atoms with Gasteiger partial charge < -0.3 is 20.5 Å². The largest absolute Gasteiger partial charge is 0.602 e. The van der Waals surface area contributed by atoms with Crippen LogP contribution in [0.4, 0.5) is 5.95 Å². The Bertz CT molecular complexity index is 378. The summed E-state index contributed by atoms with van der Waals surface area (Å²) in [5, 5.41) is 46.6. The smallest absolute Gasteiger partial charge is 0.230 e. The van der Waals surface area contributed by atoms with E-state index in [-0.39, 0.29) is 16.9 Å². The van der Waals surface area contributed by atoms with Crippen LogP contribution in [-0.2, 0) is 0 Å². The van der Waals surface area contributed by atoms with Crippen LogP contribution in [0.1, 0.15) is 39.5 Å². The zero-order valence-electron chi connectivity index (χ0n) is 14.7. The SMILES string of the molecule is CCCCN(CCCC)c1nc(S)nc(S)n1.[O-][NH2+]O.[O-][NH2+]O.[O-][NH2+]O. The molecule has 0 amide bonds. The van der Waals surface area contributed by atoms with Crippen molar-refractivity contribution in [1.82, 2.24) is 15.0 Å². The maximum Gasteiger partial charge on any atom is 0.230 e. The monoisotopic (exact) mass is 419 g/mol. The van der Waals surface area contributed by atoms with Crippen molar-refractivity contribution >= 4 is 31.2 Å². The summed E-state index contributed by atoms with van der Waals surface area (Å²) in [6.07, 6.45) is 4.60. The molecule has 13 nitrogen and oxygen atoms in total. The zero-order valence-corrected chi connectivity index (χ0v) is 16.5. The van der Waals surface area contributed by atoms with Crippen LogP contribution in [0.3, 0.4) is 0 Å². The Balaban J connectivity index is -0.000000494. The summed E-state index contributed by atoms with van der Waals surface area (Å²) in [5.74, 6) is 0.692. The van der Waals surface area contributed by atoms with E-state index in [0.29, 0.717) is 16.3 Å². The van der Waals surface area contributed by atoms with Gasteiger partial charge in [-0.2, -0.15) is 15.0 Å². The van der Waals surface area contributed by atoms with E-state index in [1.165, 1.54) is 0 Å². The number of rotatable bonds is 7. The van der Waals surface area contributed by atoms with E-state index in [9.17, 15) is 0 Å². The van der Waals surface area contributed by atoms with Gasteiger partial charge in [0.05, 0.1) is 0 Å². The van der Waals surface area contributed by atoms with Crippen LogP contribution in [0.25, 0.3) is 0 Å². The van der Waals surface area contributed by atoms with Crippen molar-refractivity contribution in [2.45, 2.75) is 49.8 Å². The number of quaternary nitrogens is 3. The molecule has 0 spiro atoms. The quantitative estimate of drug-likeness (QED) is 0.182. The number of anilines is 1. The number of nitrogens with zero attached hydrogens (tertiary/aromatic N) is 4. The summed E-state index contributed by atoms with van der Waals surface area (Å²) in [4.78, 5) is 14.7. The molecule has 0 atom stereocenters. The Hall–Kier alpha value is -0.850. The highest BCUT2D eigenvalue weighted by Gasteiger charge is 2.10. The Morgan fingerprint density at radius 3 is 1.38 bits per heavy atom. The van der Waals surface area contributed by atoms with E-state index in [4.69, 9.17) is 31.2 Å². The van der Waals surface area contributed by atoms with Gasteiger partial charge in [-0.25, -0.2) is 32.6 Å². The van der Waals surface area contributed by atoms with Crippen LogP contribution in [0, 0.1) is 15.6 Å². The minimum absolute atomic E-state index is 0.250. The molecule has 0 aliphatic rings. The highest BCUT2D eigenvalue weighted by Crippen LogP contribution is 2.13. The van der Waals surface area contributed by atoms with Crippen molar-refractivity contribution in [1.29, 1.82) is 0 Å². The van der Waals surface area contributed by atoms with Crippen LogP contribution < -0.4 is 21.8 Å². The Morgan fingerprint density at radius 1 is 0.808 bits per heavy atom. The lowest BCUT2D eigenvalue weighted by atomic mass is 10.3. The molecule has 0 saturated heterocycles. The molecular formula is C11H29N7O6S2. The molecule has 1 aromatic rings. The van der Waals surface area contributed by atoms with E-state index < -0.39 is 0 Å². The van der Waals surface area contributed by atoms with Gasteiger partial charge >= 0.3 is 0 Å². The van der Waals surface area contributed by atoms with Gasteiger partial charge in [0.15, 0.2) is 10.3 Å². The van der Waals surface area contributed by atoms with Crippen LogP contribution in [-0.4, -0.2) is 43.7 Å². The van der Waals surface area contributed by atoms with Gasteiger partial charge in [0.1, 0.15) is 0 Å². The first kappa shape index (κ1) is 29.9. The van der Waals surface area contributed by atoms with Gasteiger partial charge in [0.25, 0.3) is 0 Å². The van der Waals surface area contributed by atoms with Crippen LogP contribution in [0.2, 0.25) is 0 Å². The lowest BCUT2D eigenvalue weighted by Gasteiger charge is -2.22. The molecule has 156 valence electrons. The van der Waals surface area contributed by atoms with E-state index >= 15 is 0 Å². The van der Waals surface area contributed by atoms with Crippen molar-refractivity contribution in [3.63, 3.8) is 0 Å². The average molecular weight is 420 g/mol. The molecule has 26 heavy (non-hydrogen) atoms. The maximum atomic E-state index is 8.36. The Morgan fingerprint density at radius 2 is 1.12 bits per heavy atom. The molecular weight excluding hydrogens is 390 g/mol. The highest BCUT2D eigenvalue weighted by molar-refractivity contribution is 7.80. The number of unbranched alkanes of at least 4 members (excludes halogenated alkanes) is 2. The summed E-state index contributed by atoms with van der Waals surface area (Å²) >= 11 is 8.33. The van der Waals surface area contributed by atoms with E-state index in [0.717, 1.165) is 38.8 Å². The molecule has 1 heterocycles. The predicted molar refractivity (Wildman–Crippen MR) is 97.6 cm³/mol. The minimum Gasteiger partial charge on any atom is -0.602 e. The molecule has 0 saturated carbocycles. The fraction of sp³-hybridized carbons (Fsp3) is 0.727. The van der Waals surface area contributed by atoms with Gasteiger partial charge in [-0.3, -0.25) is 0 Å². The van der Waals surface area contributed by atoms with Gasteiger partial charge in [0, 0.05) is 13.1 Å². The number of nitrogens with two attached hydrogens (primary N) is 3. The van der Waals surface area contributed by atoms with Crippen molar-refractivity contribution < 1.29 is 32.6 Å². The molecule has 0 aromatic carbocycles. The number of hydrogen-bond donors (Lipinski definition) is 8. The van der Waals surface area contributed by atoms with E-state index in [1.54, 1.807) is 0 Å². The van der Waals surface area contributed by atoms with Gasteiger partial charge in [0.2, 0.25) is 5.95 Å². The maximum absolute atomic E-state index is 8.36. The van der Waals surface area contributed by atoms with Gasteiger partial charge in [-0.1, -0.05) is 26.7 Å². The summed E-state index contributed by atoms with van der Waals surface area (Å²) in [7, 11) is 0.